The second kappa shape index (κ2) is 31.3. The lowest BCUT2D eigenvalue weighted by Crippen LogP contribution is -2.11. The summed E-state index contributed by atoms with van der Waals surface area (Å²) in [6.07, 6.45) is 2.55. The number of ketones is 2. The molecule has 0 saturated carbocycles. The van der Waals surface area contributed by atoms with Crippen molar-refractivity contribution in [1.82, 2.24) is 5.32 Å². The Morgan fingerprint density at radius 3 is 1.54 bits per heavy atom. The van der Waals surface area contributed by atoms with E-state index in [4.69, 9.17) is 28.3 Å². The number of halogens is 2. The van der Waals surface area contributed by atoms with E-state index in [0.717, 1.165) is 32.5 Å². The molecular weight excluding hydrogens is 772 g/mol. The number of carboxylic acid groups (broad SMARTS) is 1. The zero-order valence-corrected chi connectivity index (χ0v) is 32.4. The monoisotopic (exact) mass is 817 g/mol. The minimum absolute atomic E-state index is 0. The molecule has 3 radical (unpaired) electrons. The van der Waals surface area contributed by atoms with Gasteiger partial charge in [-0.3, -0.25) is 9.59 Å². The highest BCUT2D eigenvalue weighted by atomic mass is 35.5. The summed E-state index contributed by atoms with van der Waals surface area (Å²) in [7, 11) is 1.89. The van der Waals surface area contributed by atoms with Crippen molar-refractivity contribution >= 4 is 106 Å². The van der Waals surface area contributed by atoms with Crippen LogP contribution in [0, 0.1) is 0 Å². The number of hydrogen-bond donors (Lipinski definition) is 4. The summed E-state index contributed by atoms with van der Waals surface area (Å²) in [4.78, 5) is 35.9. The van der Waals surface area contributed by atoms with Crippen molar-refractivity contribution < 1.29 is 31.1 Å². The number of carbonyl (C=O) groups excluding carboxylic acids is 2. The molecule has 0 amide bonds. The van der Waals surface area contributed by atoms with Crippen molar-refractivity contribution in [3.63, 3.8) is 0 Å². The number of thiophene rings is 5. The van der Waals surface area contributed by atoms with E-state index in [0.29, 0.717) is 29.5 Å². The third-order valence-electron chi connectivity index (χ3n) is 5.59. The lowest BCUT2D eigenvalue weighted by atomic mass is 10.2. The van der Waals surface area contributed by atoms with E-state index < -0.39 is 5.97 Å². The fraction of sp³-hybridized carbons (Fsp3) is 0.286. The number of rotatable bonds is 13. The SMILES string of the molecule is C.C=CC(=O)c1cccs1.CNCC[C@H](O)c1cccs1.O=C(CCCl)c1cccs1.O=C(O)c1cccs1.O[C@@H](CCCl)c1cccs1.[2HH].[B]. The van der Waals surface area contributed by atoms with Gasteiger partial charge in [0.2, 0.25) is 0 Å². The highest BCUT2D eigenvalue weighted by Gasteiger charge is 2.07. The van der Waals surface area contributed by atoms with Crippen LogP contribution in [0.1, 0.15) is 79.1 Å². The van der Waals surface area contributed by atoms with E-state index in [1.807, 2.05) is 71.0 Å². The molecule has 0 aromatic carbocycles. The molecule has 0 aliphatic rings. The summed E-state index contributed by atoms with van der Waals surface area (Å²) < 4.78 is 0. The van der Waals surface area contributed by atoms with Gasteiger partial charge in [0.05, 0.1) is 22.0 Å². The molecular formula is C35H45BCl2NO6S5. The molecule has 0 saturated heterocycles. The van der Waals surface area contributed by atoms with Crippen LogP contribution in [0.2, 0.25) is 0 Å². The van der Waals surface area contributed by atoms with Gasteiger partial charge in [-0.2, -0.15) is 0 Å². The Morgan fingerprint density at radius 1 is 0.760 bits per heavy atom. The van der Waals surface area contributed by atoms with Crippen molar-refractivity contribution in [2.75, 3.05) is 25.4 Å². The van der Waals surface area contributed by atoms with Gasteiger partial charge in [0.15, 0.2) is 11.6 Å². The minimum Gasteiger partial charge on any atom is -0.477 e. The number of hydrogen-bond acceptors (Lipinski definition) is 11. The molecule has 0 aliphatic heterocycles. The molecule has 7 nitrogen and oxygen atoms in total. The summed E-state index contributed by atoms with van der Waals surface area (Å²) in [5.41, 5.74) is 0. The predicted octanol–water partition coefficient (Wildman–Crippen LogP) is 10.4. The molecule has 0 aliphatic carbocycles. The van der Waals surface area contributed by atoms with Gasteiger partial charge in [0.25, 0.3) is 0 Å². The van der Waals surface area contributed by atoms with Crippen LogP contribution in [0.15, 0.2) is 100 Å². The smallest absolute Gasteiger partial charge is 0.345 e. The first kappa shape index (κ1) is 49.7. The maximum Gasteiger partial charge on any atom is 0.345 e. The molecule has 5 aromatic heterocycles. The lowest BCUT2D eigenvalue weighted by molar-refractivity contribution is 0.0701. The number of Topliss-reactive ketones (excluding diaryl/α,β-unsaturated/α-hetero) is 1. The van der Waals surface area contributed by atoms with E-state index in [9.17, 15) is 24.6 Å². The Bertz CT molecular complexity index is 1510. The molecule has 5 rings (SSSR count). The summed E-state index contributed by atoms with van der Waals surface area (Å²) in [5.74, 6) is 0.227. The van der Waals surface area contributed by atoms with Crippen LogP contribution in [-0.2, 0) is 0 Å². The Morgan fingerprint density at radius 2 is 1.20 bits per heavy atom. The largest absolute Gasteiger partial charge is 0.477 e. The van der Waals surface area contributed by atoms with E-state index in [-0.39, 0.29) is 41.0 Å². The summed E-state index contributed by atoms with van der Waals surface area (Å²) >= 11 is 18.2. The summed E-state index contributed by atoms with van der Waals surface area (Å²) in [6, 6.07) is 18.4. The van der Waals surface area contributed by atoms with E-state index in [2.05, 4.69) is 11.9 Å². The Hall–Kier alpha value is -2.43. The normalized spacial score (nSPS) is 10.6. The van der Waals surface area contributed by atoms with Gasteiger partial charge in [0, 0.05) is 37.8 Å². The first-order valence-electron chi connectivity index (χ1n) is 14.4. The van der Waals surface area contributed by atoms with E-state index in [1.54, 1.807) is 46.3 Å². The van der Waals surface area contributed by atoms with Crippen molar-refractivity contribution in [3.05, 3.63) is 125 Å². The number of carbonyl (C=O) groups is 3. The second-order valence-electron chi connectivity index (χ2n) is 9.10. The third-order valence-corrected chi connectivity index (χ3v) is 10.6. The molecule has 0 spiro atoms. The number of alkyl halides is 2. The molecule has 15 heteroatoms. The fourth-order valence-corrected chi connectivity index (χ4v) is 6.98. The first-order valence-corrected chi connectivity index (χ1v) is 19.9. The maximum atomic E-state index is 11.0. The number of nitrogens with one attached hydrogen (secondary N) is 1. The average molecular weight is 819 g/mol. The molecule has 273 valence electrons. The number of aliphatic hydroxyl groups excluding tert-OH is 2. The third kappa shape index (κ3) is 21.7. The number of allylic oxidation sites excluding steroid dienone is 1. The van der Waals surface area contributed by atoms with Gasteiger partial charge in [-0.15, -0.1) is 79.9 Å². The molecule has 2 atom stereocenters. The Balaban J connectivity index is -0.000000558. The molecule has 5 heterocycles. The highest BCUT2D eigenvalue weighted by molar-refractivity contribution is 7.12. The van der Waals surface area contributed by atoms with Gasteiger partial charge in [-0.25, -0.2) is 4.79 Å². The topological polar surface area (TPSA) is 124 Å². The van der Waals surface area contributed by atoms with E-state index >= 15 is 0 Å². The molecule has 0 bridgehead atoms. The van der Waals surface area contributed by atoms with Crippen molar-refractivity contribution in [3.8, 4) is 0 Å². The van der Waals surface area contributed by atoms with Gasteiger partial charge in [0.1, 0.15) is 4.88 Å². The van der Waals surface area contributed by atoms with Gasteiger partial charge < -0.3 is 20.6 Å². The highest BCUT2D eigenvalue weighted by Crippen LogP contribution is 2.22. The molecule has 4 N–H and O–H groups in total. The second-order valence-corrected chi connectivity index (χ2v) is 14.7. The maximum absolute atomic E-state index is 11.0. The number of aliphatic hydroxyl groups is 2. The van der Waals surface area contributed by atoms with Crippen LogP contribution in [0.25, 0.3) is 0 Å². The summed E-state index contributed by atoms with van der Waals surface area (Å²) in [5, 5.41) is 39.6. The number of aromatic carboxylic acids is 1. The van der Waals surface area contributed by atoms with Crippen LogP contribution in [-0.4, -0.2) is 66.6 Å². The minimum atomic E-state index is -0.847. The van der Waals surface area contributed by atoms with Crippen LogP contribution in [0.3, 0.4) is 0 Å². The number of carboxylic acids is 1. The zero-order chi connectivity index (χ0) is 35.6. The van der Waals surface area contributed by atoms with Crippen molar-refractivity contribution in [2.24, 2.45) is 0 Å². The predicted molar refractivity (Wildman–Crippen MR) is 221 cm³/mol. The zero-order valence-electron chi connectivity index (χ0n) is 26.8. The van der Waals surface area contributed by atoms with Crippen LogP contribution >= 0.6 is 79.9 Å². The molecule has 5 aromatic rings. The molecule has 0 fully saturated rings. The van der Waals surface area contributed by atoms with Crippen LogP contribution in [0.4, 0.5) is 0 Å². The quantitative estimate of drug-likeness (QED) is 0.0404. The Labute approximate surface area is 329 Å². The van der Waals surface area contributed by atoms with Crippen LogP contribution < -0.4 is 5.32 Å². The standard InChI is InChI=1S/C8H13NOS.C7H9ClOS.C7H7ClOS.C7H6OS.C5H4O2S.CH4.B.H2/c1-9-5-4-7(10)8-3-2-6-11-8;2*8-4-3-6(9)7-2-1-5-10-7;1-2-6(8)7-4-3-5-9-7;6-5(7)4-2-1-3-8-4;;;/h2-3,6-7,9-10H,4-5H2,1H3;1-2,5-6,9H,3-4H2;1-2,5H,3-4H2;2-5H,1H2;1-3H,(H,6,7);1H4;;1H/t7-;6-;;;;;;/m00....../s1/i;;;;;;;1+1. The van der Waals surface area contributed by atoms with Crippen molar-refractivity contribution in [2.45, 2.75) is 38.9 Å². The molecule has 0 unspecified atom stereocenters. The lowest BCUT2D eigenvalue weighted by Gasteiger charge is -2.06. The van der Waals surface area contributed by atoms with Crippen LogP contribution in [0.5, 0.6) is 0 Å². The van der Waals surface area contributed by atoms with E-state index in [1.165, 1.54) is 40.1 Å². The fourth-order valence-electron chi connectivity index (χ4n) is 3.20. The molecule has 50 heavy (non-hydrogen) atoms. The van der Waals surface area contributed by atoms with Gasteiger partial charge in [-0.1, -0.05) is 44.3 Å². The van der Waals surface area contributed by atoms with Crippen molar-refractivity contribution in [1.29, 1.82) is 0 Å². The van der Waals surface area contributed by atoms with Gasteiger partial charge >= 0.3 is 5.97 Å². The summed E-state index contributed by atoms with van der Waals surface area (Å²) in [6.45, 7) is 4.23. The Kier molecular flexibility index (Phi) is 31.1. The first-order chi connectivity index (χ1) is 23.2. The average Bonchev–Trinajstić information content (AvgIpc) is 3.94. The van der Waals surface area contributed by atoms with Gasteiger partial charge in [-0.05, 0) is 89.7 Å².